The fraction of sp³-hybridized carbons (Fsp3) is 0.182. The summed E-state index contributed by atoms with van der Waals surface area (Å²) in [6.45, 7) is 0. The molecule has 7 heteroatoms. The van der Waals surface area contributed by atoms with Gasteiger partial charge in [-0.25, -0.2) is 4.79 Å². The molecule has 18 heavy (non-hydrogen) atoms. The van der Waals surface area contributed by atoms with Crippen LogP contribution in [-0.2, 0) is 4.79 Å². The zero-order chi connectivity index (χ0) is 13.7. The molecule has 6 nitrogen and oxygen atoms in total. The molecule has 0 amide bonds. The third-order valence-corrected chi connectivity index (χ3v) is 2.42. The number of nitro groups is 1. The molecule has 1 unspecified atom stereocenters. The van der Waals surface area contributed by atoms with E-state index in [-0.39, 0.29) is 22.8 Å². The van der Waals surface area contributed by atoms with Crippen molar-refractivity contribution in [1.82, 2.24) is 0 Å². The maximum atomic E-state index is 10.9. The first-order valence-corrected chi connectivity index (χ1v) is 5.21. The summed E-state index contributed by atoms with van der Waals surface area (Å²) in [5, 5.41) is 22.2. The Labute approximate surface area is 108 Å². The Balaban J connectivity index is 3.10. The Morgan fingerprint density at radius 3 is 2.83 bits per heavy atom. The average Bonchev–Trinajstić information content (AvgIpc) is 2.27. The van der Waals surface area contributed by atoms with Crippen LogP contribution in [0.3, 0.4) is 0 Å². The number of carboxylic acid groups (broad SMARTS) is 1. The van der Waals surface area contributed by atoms with Crippen molar-refractivity contribution in [3.8, 4) is 12.3 Å². The van der Waals surface area contributed by atoms with Gasteiger partial charge in [-0.15, -0.1) is 12.3 Å². The Hall–Kier alpha value is -2.26. The smallest absolute Gasteiger partial charge is 0.327 e. The molecule has 0 aliphatic rings. The highest BCUT2D eigenvalue weighted by Gasteiger charge is 2.23. The van der Waals surface area contributed by atoms with Crippen molar-refractivity contribution in [2.45, 2.75) is 12.5 Å². The lowest BCUT2D eigenvalue weighted by molar-refractivity contribution is -0.383. The van der Waals surface area contributed by atoms with Crippen molar-refractivity contribution in [2.24, 2.45) is 0 Å². The molecule has 1 atom stereocenters. The van der Waals surface area contributed by atoms with Gasteiger partial charge in [0.1, 0.15) is 16.8 Å². The molecule has 94 valence electrons. The number of para-hydroxylation sites is 1. The minimum absolute atomic E-state index is 0.0233. The van der Waals surface area contributed by atoms with Crippen LogP contribution in [0.1, 0.15) is 6.42 Å². The first kappa shape index (κ1) is 13.8. The Morgan fingerprint density at radius 1 is 1.67 bits per heavy atom. The first-order chi connectivity index (χ1) is 8.47. The number of hydrogen-bond donors (Lipinski definition) is 2. The molecule has 0 bridgehead atoms. The van der Waals surface area contributed by atoms with Crippen LogP contribution in [-0.4, -0.2) is 22.0 Å². The molecule has 0 aromatic heterocycles. The van der Waals surface area contributed by atoms with E-state index >= 15 is 0 Å². The highest BCUT2D eigenvalue weighted by molar-refractivity contribution is 6.33. The van der Waals surface area contributed by atoms with E-state index in [9.17, 15) is 14.9 Å². The lowest BCUT2D eigenvalue weighted by Gasteiger charge is -2.13. The van der Waals surface area contributed by atoms with Gasteiger partial charge in [-0.05, 0) is 12.1 Å². The molecule has 0 fully saturated rings. The second kappa shape index (κ2) is 5.89. The fourth-order valence-electron chi connectivity index (χ4n) is 1.32. The Kier molecular flexibility index (Phi) is 4.52. The molecule has 0 aliphatic carbocycles. The molecule has 0 radical (unpaired) electrons. The summed E-state index contributed by atoms with van der Waals surface area (Å²) in [5.74, 6) is 0.994. The van der Waals surface area contributed by atoms with E-state index in [2.05, 4.69) is 11.2 Å². The Morgan fingerprint density at radius 2 is 2.33 bits per heavy atom. The van der Waals surface area contributed by atoms with Crippen LogP contribution >= 0.6 is 11.6 Å². The van der Waals surface area contributed by atoms with E-state index in [1.807, 2.05) is 0 Å². The van der Waals surface area contributed by atoms with Crippen LogP contribution in [0.4, 0.5) is 11.4 Å². The molecule has 0 saturated heterocycles. The number of anilines is 1. The van der Waals surface area contributed by atoms with E-state index < -0.39 is 16.9 Å². The van der Waals surface area contributed by atoms with E-state index in [1.165, 1.54) is 18.2 Å². The molecular formula is C11H9ClN2O4. The summed E-state index contributed by atoms with van der Waals surface area (Å²) in [4.78, 5) is 21.1. The number of halogens is 1. The molecule has 0 spiro atoms. The number of terminal acetylenes is 1. The van der Waals surface area contributed by atoms with E-state index in [4.69, 9.17) is 23.1 Å². The van der Waals surface area contributed by atoms with Crippen molar-refractivity contribution in [1.29, 1.82) is 0 Å². The first-order valence-electron chi connectivity index (χ1n) is 4.83. The van der Waals surface area contributed by atoms with Crippen LogP contribution in [0.2, 0.25) is 5.02 Å². The summed E-state index contributed by atoms with van der Waals surface area (Å²) in [6.07, 6.45) is 4.94. The van der Waals surface area contributed by atoms with Gasteiger partial charge in [0.2, 0.25) is 0 Å². The number of rotatable bonds is 5. The van der Waals surface area contributed by atoms with Gasteiger partial charge in [-0.2, -0.15) is 0 Å². The van der Waals surface area contributed by atoms with E-state index in [1.54, 1.807) is 0 Å². The molecule has 0 saturated carbocycles. The van der Waals surface area contributed by atoms with E-state index in [0.717, 1.165) is 0 Å². The quantitative estimate of drug-likeness (QED) is 0.485. The second-order valence-electron chi connectivity index (χ2n) is 3.34. The maximum absolute atomic E-state index is 10.9. The number of aliphatic carboxylic acids is 1. The summed E-state index contributed by atoms with van der Waals surface area (Å²) in [7, 11) is 0. The van der Waals surface area contributed by atoms with Crippen molar-refractivity contribution < 1.29 is 14.8 Å². The van der Waals surface area contributed by atoms with Gasteiger partial charge in [0.25, 0.3) is 0 Å². The number of hydrogen-bond acceptors (Lipinski definition) is 4. The minimum Gasteiger partial charge on any atom is -0.480 e. The number of carboxylic acids is 1. The highest BCUT2D eigenvalue weighted by atomic mass is 35.5. The normalized spacial score (nSPS) is 11.3. The van der Waals surface area contributed by atoms with Crippen molar-refractivity contribution in [2.75, 3.05) is 5.32 Å². The van der Waals surface area contributed by atoms with Gasteiger partial charge in [0.05, 0.1) is 4.92 Å². The molecule has 1 aromatic carbocycles. The summed E-state index contributed by atoms with van der Waals surface area (Å²) in [6, 6.07) is 3.09. The van der Waals surface area contributed by atoms with Crippen molar-refractivity contribution in [3.63, 3.8) is 0 Å². The molecule has 0 heterocycles. The predicted octanol–water partition coefficient (Wildman–Crippen LogP) is 2.14. The third-order valence-electron chi connectivity index (χ3n) is 2.12. The van der Waals surface area contributed by atoms with Crippen LogP contribution < -0.4 is 5.32 Å². The van der Waals surface area contributed by atoms with Gasteiger partial charge in [-0.3, -0.25) is 10.1 Å². The molecule has 2 N–H and O–H groups in total. The topological polar surface area (TPSA) is 92.5 Å². The largest absolute Gasteiger partial charge is 0.480 e. The van der Waals surface area contributed by atoms with Gasteiger partial charge in [0, 0.05) is 6.42 Å². The standard InChI is InChI=1S/C11H9ClN2O4/c1-2-4-9(11(15)16)13-8-6-3-5-7(12)10(8)14(17)18/h1,3,5-6,9,13H,4H2,(H,15,16). The molecule has 0 aliphatic heterocycles. The van der Waals surface area contributed by atoms with Crippen LogP contribution in [0.15, 0.2) is 18.2 Å². The molecule has 1 aromatic rings. The number of benzene rings is 1. The van der Waals surface area contributed by atoms with Crippen molar-refractivity contribution >= 4 is 28.9 Å². The van der Waals surface area contributed by atoms with Gasteiger partial charge in [-0.1, -0.05) is 17.7 Å². The minimum atomic E-state index is -1.19. The number of nitrogens with one attached hydrogen (secondary N) is 1. The van der Waals surface area contributed by atoms with E-state index in [0.29, 0.717) is 0 Å². The zero-order valence-corrected chi connectivity index (χ0v) is 9.85. The van der Waals surface area contributed by atoms with Crippen LogP contribution in [0.5, 0.6) is 0 Å². The Bertz CT molecular complexity index is 524. The van der Waals surface area contributed by atoms with Crippen LogP contribution in [0.25, 0.3) is 0 Å². The lowest BCUT2D eigenvalue weighted by Crippen LogP contribution is -2.29. The highest BCUT2D eigenvalue weighted by Crippen LogP contribution is 2.32. The van der Waals surface area contributed by atoms with Gasteiger partial charge < -0.3 is 10.4 Å². The third kappa shape index (κ3) is 3.12. The number of nitrogens with zero attached hydrogens (tertiary/aromatic N) is 1. The average molecular weight is 269 g/mol. The van der Waals surface area contributed by atoms with Crippen LogP contribution in [0, 0.1) is 22.5 Å². The fourth-order valence-corrected chi connectivity index (χ4v) is 1.57. The maximum Gasteiger partial charge on any atom is 0.327 e. The lowest BCUT2D eigenvalue weighted by atomic mass is 10.2. The SMILES string of the molecule is C#CCC(Nc1cccc(Cl)c1[N+](=O)[O-])C(=O)O. The number of nitro benzene ring substituents is 1. The summed E-state index contributed by atoms with van der Waals surface area (Å²) < 4.78 is 0. The van der Waals surface area contributed by atoms with Crippen molar-refractivity contribution in [3.05, 3.63) is 33.3 Å². The monoisotopic (exact) mass is 268 g/mol. The summed E-state index contributed by atoms with van der Waals surface area (Å²) >= 11 is 5.70. The summed E-state index contributed by atoms with van der Waals surface area (Å²) in [5.41, 5.74) is -0.349. The predicted molar refractivity (Wildman–Crippen MR) is 66.6 cm³/mol. The van der Waals surface area contributed by atoms with Gasteiger partial charge in [0.15, 0.2) is 0 Å². The second-order valence-corrected chi connectivity index (χ2v) is 3.74. The molecular weight excluding hydrogens is 260 g/mol. The molecule has 1 rings (SSSR count). The van der Waals surface area contributed by atoms with Gasteiger partial charge >= 0.3 is 11.7 Å². The number of carbonyl (C=O) groups is 1. The zero-order valence-electron chi connectivity index (χ0n) is 9.09.